The molecule has 2 aromatic heterocycles. The molecule has 26 heavy (non-hydrogen) atoms. The van der Waals surface area contributed by atoms with Crippen LogP contribution >= 0.6 is 23.1 Å². The first-order chi connectivity index (χ1) is 12.5. The molecule has 6 heteroatoms. The van der Waals surface area contributed by atoms with Crippen molar-refractivity contribution in [1.82, 2.24) is 9.97 Å². The van der Waals surface area contributed by atoms with Crippen LogP contribution in [-0.2, 0) is 17.6 Å². The zero-order valence-electron chi connectivity index (χ0n) is 15.1. The molecule has 0 saturated carbocycles. The average Bonchev–Trinajstić information content (AvgIpc) is 3.17. The predicted molar refractivity (Wildman–Crippen MR) is 109 cm³/mol. The number of thioether (sulfide) groups is 1. The second kappa shape index (κ2) is 7.00. The fourth-order valence-corrected chi connectivity index (χ4v) is 5.65. The number of hydrogen-bond donors (Lipinski definition) is 1. The number of carbonyl (C=O) groups excluding carboxylic acids is 1. The summed E-state index contributed by atoms with van der Waals surface area (Å²) in [4.78, 5) is 24.4. The molecule has 4 nitrogen and oxygen atoms in total. The van der Waals surface area contributed by atoms with Gasteiger partial charge in [0.1, 0.15) is 15.7 Å². The molecule has 2 heterocycles. The van der Waals surface area contributed by atoms with Gasteiger partial charge in [-0.05, 0) is 57.7 Å². The number of benzene rings is 1. The Hall–Kier alpha value is -1.92. The second-order valence-corrected chi connectivity index (χ2v) is 9.14. The molecule has 0 fully saturated rings. The number of rotatable bonds is 4. The largest absolute Gasteiger partial charge is 0.325 e. The Morgan fingerprint density at radius 3 is 2.73 bits per heavy atom. The van der Waals surface area contributed by atoms with E-state index in [-0.39, 0.29) is 11.2 Å². The quantitative estimate of drug-likeness (QED) is 0.513. The summed E-state index contributed by atoms with van der Waals surface area (Å²) < 4.78 is 0. The number of hydrogen-bond acceptors (Lipinski definition) is 5. The minimum absolute atomic E-state index is 0.00450. The van der Waals surface area contributed by atoms with E-state index in [1.54, 1.807) is 11.3 Å². The van der Waals surface area contributed by atoms with Crippen molar-refractivity contribution >= 4 is 44.9 Å². The van der Waals surface area contributed by atoms with Crippen LogP contribution < -0.4 is 5.32 Å². The van der Waals surface area contributed by atoms with Gasteiger partial charge in [-0.3, -0.25) is 4.79 Å². The molecule has 0 saturated heterocycles. The molecule has 4 rings (SSSR count). The Kier molecular flexibility index (Phi) is 4.71. The highest BCUT2D eigenvalue weighted by molar-refractivity contribution is 8.00. The molecular formula is C20H21N3OS2. The van der Waals surface area contributed by atoms with Gasteiger partial charge in [0.2, 0.25) is 5.91 Å². The van der Waals surface area contributed by atoms with Crippen molar-refractivity contribution in [2.45, 2.75) is 50.3 Å². The lowest BCUT2D eigenvalue weighted by Crippen LogP contribution is -2.22. The van der Waals surface area contributed by atoms with E-state index < -0.39 is 0 Å². The minimum atomic E-state index is -0.231. The number of anilines is 1. The smallest absolute Gasteiger partial charge is 0.237 e. The topological polar surface area (TPSA) is 54.9 Å². The molecule has 1 amide bonds. The molecular weight excluding hydrogens is 362 g/mol. The van der Waals surface area contributed by atoms with E-state index in [9.17, 15) is 4.79 Å². The Morgan fingerprint density at radius 1 is 1.19 bits per heavy atom. The first-order valence-electron chi connectivity index (χ1n) is 8.84. The molecule has 0 bridgehead atoms. The van der Waals surface area contributed by atoms with Gasteiger partial charge in [-0.2, -0.15) is 0 Å². The Balaban J connectivity index is 1.58. The van der Waals surface area contributed by atoms with Gasteiger partial charge in [0.05, 0.1) is 5.25 Å². The molecule has 1 atom stereocenters. The van der Waals surface area contributed by atoms with E-state index in [1.165, 1.54) is 39.6 Å². The summed E-state index contributed by atoms with van der Waals surface area (Å²) in [5.74, 6) is 0.765. The number of nitrogens with one attached hydrogen (secondary N) is 1. The third-order valence-electron chi connectivity index (χ3n) is 4.62. The zero-order chi connectivity index (χ0) is 18.3. The highest BCUT2D eigenvalue weighted by atomic mass is 32.2. The van der Waals surface area contributed by atoms with Gasteiger partial charge in [0, 0.05) is 16.0 Å². The predicted octanol–water partition coefficient (Wildman–Crippen LogP) is 4.92. The van der Waals surface area contributed by atoms with Gasteiger partial charge in [-0.15, -0.1) is 11.3 Å². The molecule has 0 spiro atoms. The van der Waals surface area contributed by atoms with Crippen molar-refractivity contribution in [2.75, 3.05) is 5.32 Å². The van der Waals surface area contributed by atoms with Crippen molar-refractivity contribution in [3.8, 4) is 0 Å². The third kappa shape index (κ3) is 3.35. The van der Waals surface area contributed by atoms with Gasteiger partial charge in [0.15, 0.2) is 0 Å². The van der Waals surface area contributed by atoms with Crippen LogP contribution in [0.5, 0.6) is 0 Å². The minimum Gasteiger partial charge on any atom is -0.325 e. The summed E-state index contributed by atoms with van der Waals surface area (Å²) >= 11 is 3.32. The van der Waals surface area contributed by atoms with Crippen molar-refractivity contribution in [2.24, 2.45) is 0 Å². The number of fused-ring (bicyclic) bond motifs is 3. The van der Waals surface area contributed by atoms with Gasteiger partial charge in [-0.25, -0.2) is 9.97 Å². The van der Waals surface area contributed by atoms with E-state index in [2.05, 4.69) is 15.3 Å². The first-order valence-corrected chi connectivity index (χ1v) is 10.5. The number of nitrogens with zero attached hydrogens (tertiary/aromatic N) is 2. The molecule has 1 aromatic carbocycles. The number of aromatic nitrogens is 2. The SMILES string of the molecule is Cc1ccc(NC(=O)[C@@H](C)Sc2nc(C)nc3sc4c(c23)CCC4)cc1. The summed E-state index contributed by atoms with van der Waals surface area (Å²) in [5.41, 5.74) is 3.41. The molecule has 3 aromatic rings. The summed E-state index contributed by atoms with van der Waals surface area (Å²) in [6.45, 7) is 5.89. The standard InChI is InChI=1S/C20H21N3OS2/c1-11-7-9-14(10-8-11)23-18(24)12(2)25-19-17-15-5-4-6-16(15)26-20(17)22-13(3)21-19/h7-10,12H,4-6H2,1-3H3,(H,23,24)/t12-/m1/s1. The summed E-state index contributed by atoms with van der Waals surface area (Å²) in [6, 6.07) is 7.87. The van der Waals surface area contributed by atoms with Gasteiger partial charge < -0.3 is 5.32 Å². The fourth-order valence-electron chi connectivity index (χ4n) is 3.25. The molecule has 0 aliphatic heterocycles. The number of aryl methyl sites for hydroxylation is 4. The van der Waals surface area contributed by atoms with E-state index in [0.29, 0.717) is 0 Å². The lowest BCUT2D eigenvalue weighted by Gasteiger charge is -2.13. The third-order valence-corrected chi connectivity index (χ3v) is 6.89. The van der Waals surface area contributed by atoms with Crippen molar-refractivity contribution < 1.29 is 4.79 Å². The van der Waals surface area contributed by atoms with Crippen molar-refractivity contribution in [1.29, 1.82) is 0 Å². The van der Waals surface area contributed by atoms with Crippen LogP contribution in [0.25, 0.3) is 10.2 Å². The van der Waals surface area contributed by atoms with Crippen LogP contribution in [0.3, 0.4) is 0 Å². The summed E-state index contributed by atoms with van der Waals surface area (Å²) in [7, 11) is 0. The first kappa shape index (κ1) is 17.5. The van der Waals surface area contributed by atoms with Crippen LogP contribution in [0.2, 0.25) is 0 Å². The number of thiophene rings is 1. The van der Waals surface area contributed by atoms with E-state index >= 15 is 0 Å². The van der Waals surface area contributed by atoms with Crippen LogP contribution in [0.15, 0.2) is 29.3 Å². The highest BCUT2D eigenvalue weighted by Gasteiger charge is 2.24. The maximum atomic E-state index is 12.6. The molecule has 134 valence electrons. The van der Waals surface area contributed by atoms with Crippen LogP contribution in [0.4, 0.5) is 5.69 Å². The molecule has 0 radical (unpaired) electrons. The van der Waals surface area contributed by atoms with Gasteiger partial charge in [-0.1, -0.05) is 29.5 Å². The van der Waals surface area contributed by atoms with E-state index in [4.69, 9.17) is 0 Å². The zero-order valence-corrected chi connectivity index (χ0v) is 16.8. The second-order valence-electron chi connectivity index (χ2n) is 6.73. The lowest BCUT2D eigenvalue weighted by molar-refractivity contribution is -0.115. The monoisotopic (exact) mass is 383 g/mol. The van der Waals surface area contributed by atoms with Crippen molar-refractivity contribution in [3.05, 3.63) is 46.1 Å². The normalized spacial score (nSPS) is 14.4. The fraction of sp³-hybridized carbons (Fsp3) is 0.350. The molecule has 1 aliphatic rings. The van der Waals surface area contributed by atoms with Crippen LogP contribution in [0.1, 0.15) is 35.2 Å². The summed E-state index contributed by atoms with van der Waals surface area (Å²) in [6.07, 6.45) is 3.45. The van der Waals surface area contributed by atoms with Crippen LogP contribution in [0, 0.1) is 13.8 Å². The van der Waals surface area contributed by atoms with Crippen LogP contribution in [-0.4, -0.2) is 21.1 Å². The molecule has 1 N–H and O–H groups in total. The van der Waals surface area contributed by atoms with Crippen molar-refractivity contribution in [3.63, 3.8) is 0 Å². The average molecular weight is 384 g/mol. The lowest BCUT2D eigenvalue weighted by atomic mass is 10.2. The molecule has 0 unspecified atom stereocenters. The number of carbonyl (C=O) groups is 1. The maximum absolute atomic E-state index is 12.6. The Morgan fingerprint density at radius 2 is 1.96 bits per heavy atom. The highest BCUT2D eigenvalue weighted by Crippen LogP contribution is 2.41. The van der Waals surface area contributed by atoms with Gasteiger partial charge in [0.25, 0.3) is 0 Å². The maximum Gasteiger partial charge on any atom is 0.237 e. The summed E-state index contributed by atoms with van der Waals surface area (Å²) in [5, 5.41) is 4.88. The Labute approximate surface area is 161 Å². The molecule has 1 aliphatic carbocycles. The number of amides is 1. The van der Waals surface area contributed by atoms with E-state index in [0.717, 1.165) is 34.2 Å². The Bertz CT molecular complexity index is 979. The van der Waals surface area contributed by atoms with E-state index in [1.807, 2.05) is 45.0 Å². The van der Waals surface area contributed by atoms with Gasteiger partial charge >= 0.3 is 0 Å².